The minimum absolute atomic E-state index is 0.526. The highest BCUT2D eigenvalue weighted by atomic mass is 15.3. The molecule has 2 nitrogen and oxygen atoms in total. The first-order valence-electron chi connectivity index (χ1n) is 11.2. The maximum atomic E-state index is 3.75. The summed E-state index contributed by atoms with van der Waals surface area (Å²) in [6.07, 6.45) is 19.5. The van der Waals surface area contributed by atoms with Crippen LogP contribution >= 0.6 is 0 Å². The van der Waals surface area contributed by atoms with E-state index in [9.17, 15) is 0 Å². The summed E-state index contributed by atoms with van der Waals surface area (Å²) in [5.41, 5.74) is 6.65. The highest BCUT2D eigenvalue weighted by molar-refractivity contribution is 5.85. The number of rotatable bonds is 7. The van der Waals surface area contributed by atoms with Crippen molar-refractivity contribution < 1.29 is 0 Å². The molecule has 2 aliphatic rings. The molecule has 0 saturated carbocycles. The van der Waals surface area contributed by atoms with Gasteiger partial charge in [-0.25, -0.2) is 0 Å². The zero-order valence-corrected chi connectivity index (χ0v) is 18.8. The van der Waals surface area contributed by atoms with Crippen LogP contribution < -0.4 is 0 Å². The van der Waals surface area contributed by atoms with Gasteiger partial charge in [0.2, 0.25) is 0 Å². The summed E-state index contributed by atoms with van der Waals surface area (Å²) in [5, 5.41) is 0. The van der Waals surface area contributed by atoms with Gasteiger partial charge in [0, 0.05) is 32.2 Å². The molecule has 1 fully saturated rings. The monoisotopic (exact) mass is 400 g/mol. The lowest BCUT2D eigenvalue weighted by atomic mass is 9.87. The molecule has 0 N–H and O–H groups in total. The molecule has 30 heavy (non-hydrogen) atoms. The fraction of sp³-hybridized carbons (Fsp3) is 0.357. The van der Waals surface area contributed by atoms with Crippen LogP contribution in [0.4, 0.5) is 0 Å². The summed E-state index contributed by atoms with van der Waals surface area (Å²) in [4.78, 5) is 5.04. The Kier molecular flexibility index (Phi) is 8.24. The summed E-state index contributed by atoms with van der Waals surface area (Å²) in [7, 11) is 2.22. The van der Waals surface area contributed by atoms with Crippen molar-refractivity contribution in [2.24, 2.45) is 0 Å². The molecular weight excluding hydrogens is 364 g/mol. The van der Waals surface area contributed by atoms with Crippen LogP contribution in [0.3, 0.4) is 0 Å². The number of nitrogens with zero attached hydrogens (tertiary/aromatic N) is 2. The fourth-order valence-electron chi connectivity index (χ4n) is 4.17. The second-order valence-corrected chi connectivity index (χ2v) is 8.26. The Labute approximate surface area is 183 Å². The van der Waals surface area contributed by atoms with Gasteiger partial charge in [-0.2, -0.15) is 0 Å². The fourth-order valence-corrected chi connectivity index (χ4v) is 4.17. The smallest absolute Gasteiger partial charge is 0.0317 e. The highest BCUT2D eigenvalue weighted by Crippen LogP contribution is 2.33. The van der Waals surface area contributed by atoms with Gasteiger partial charge in [0.25, 0.3) is 0 Å². The van der Waals surface area contributed by atoms with E-state index in [4.69, 9.17) is 0 Å². The Hall–Kier alpha value is -2.42. The summed E-state index contributed by atoms with van der Waals surface area (Å²) >= 11 is 0. The van der Waals surface area contributed by atoms with E-state index in [1.54, 1.807) is 0 Å². The molecule has 1 aromatic carbocycles. The van der Waals surface area contributed by atoms with E-state index < -0.39 is 0 Å². The van der Waals surface area contributed by atoms with Crippen LogP contribution in [0.1, 0.15) is 30.9 Å². The zero-order valence-electron chi connectivity index (χ0n) is 18.8. The third kappa shape index (κ3) is 5.81. The van der Waals surface area contributed by atoms with Gasteiger partial charge in [0.05, 0.1) is 0 Å². The van der Waals surface area contributed by atoms with Gasteiger partial charge in [-0.3, -0.25) is 4.90 Å². The molecule has 2 heteroatoms. The minimum atomic E-state index is 0.526. The summed E-state index contributed by atoms with van der Waals surface area (Å²) in [5.74, 6) is 0. The van der Waals surface area contributed by atoms with E-state index in [1.807, 2.05) is 18.2 Å². The van der Waals surface area contributed by atoms with Crippen molar-refractivity contribution in [1.29, 1.82) is 0 Å². The van der Waals surface area contributed by atoms with Gasteiger partial charge in [0.1, 0.15) is 0 Å². The Bertz CT molecular complexity index is 856. The lowest BCUT2D eigenvalue weighted by molar-refractivity contribution is 0.130. The van der Waals surface area contributed by atoms with Gasteiger partial charge in [-0.1, -0.05) is 91.9 Å². The van der Waals surface area contributed by atoms with Crippen LogP contribution in [0, 0.1) is 6.92 Å². The van der Waals surface area contributed by atoms with Gasteiger partial charge in [-0.15, -0.1) is 0 Å². The first kappa shape index (κ1) is 22.3. The van der Waals surface area contributed by atoms with Gasteiger partial charge in [0.15, 0.2) is 0 Å². The molecule has 1 saturated heterocycles. The molecule has 1 atom stereocenters. The average Bonchev–Trinajstić information content (AvgIpc) is 2.78. The van der Waals surface area contributed by atoms with E-state index in [0.717, 1.165) is 25.9 Å². The van der Waals surface area contributed by atoms with Crippen LogP contribution in [0.25, 0.3) is 5.57 Å². The van der Waals surface area contributed by atoms with E-state index in [1.165, 1.54) is 40.9 Å². The van der Waals surface area contributed by atoms with Gasteiger partial charge >= 0.3 is 0 Å². The molecule has 1 heterocycles. The number of piperazine rings is 1. The maximum Gasteiger partial charge on any atom is 0.0317 e. The average molecular weight is 401 g/mol. The predicted molar refractivity (Wildman–Crippen MR) is 132 cm³/mol. The molecule has 158 valence electrons. The van der Waals surface area contributed by atoms with Crippen molar-refractivity contribution in [2.45, 2.75) is 32.7 Å². The number of hydrogen-bond donors (Lipinski definition) is 0. The number of hydrogen-bond acceptors (Lipinski definition) is 2. The van der Waals surface area contributed by atoms with E-state index in [0.29, 0.717) is 6.04 Å². The summed E-state index contributed by atoms with van der Waals surface area (Å²) < 4.78 is 0. The largest absolute Gasteiger partial charge is 0.304 e. The third-order valence-electron chi connectivity index (χ3n) is 6.07. The van der Waals surface area contributed by atoms with Crippen molar-refractivity contribution in [3.63, 3.8) is 0 Å². The number of likely N-dealkylation sites (N-methyl/N-ethyl adjacent to an activating group) is 1. The normalized spacial score (nSPS) is 21.8. The molecule has 1 aliphatic heterocycles. The Morgan fingerprint density at radius 1 is 1.07 bits per heavy atom. The molecule has 1 unspecified atom stereocenters. The summed E-state index contributed by atoms with van der Waals surface area (Å²) in [6.45, 7) is 12.8. The van der Waals surface area contributed by atoms with Crippen LogP contribution in [0.5, 0.6) is 0 Å². The highest BCUT2D eigenvalue weighted by Gasteiger charge is 2.22. The van der Waals surface area contributed by atoms with Crippen molar-refractivity contribution >= 4 is 5.57 Å². The molecule has 0 radical (unpaired) electrons. The molecule has 1 aromatic rings. The topological polar surface area (TPSA) is 6.48 Å². The molecular formula is C28H36N2. The van der Waals surface area contributed by atoms with Gasteiger partial charge < -0.3 is 4.90 Å². The molecule has 0 bridgehead atoms. The number of benzene rings is 1. The number of allylic oxidation sites excluding steroid dienone is 9. The van der Waals surface area contributed by atoms with E-state index >= 15 is 0 Å². The van der Waals surface area contributed by atoms with Crippen LogP contribution in [0.2, 0.25) is 0 Å². The first-order chi connectivity index (χ1) is 14.6. The first-order valence-corrected chi connectivity index (χ1v) is 11.2. The minimum Gasteiger partial charge on any atom is -0.304 e. The van der Waals surface area contributed by atoms with E-state index in [2.05, 4.69) is 91.9 Å². The molecule has 3 rings (SSSR count). The van der Waals surface area contributed by atoms with Crippen molar-refractivity contribution in [3.8, 4) is 0 Å². The van der Waals surface area contributed by atoms with Crippen molar-refractivity contribution in [2.75, 3.05) is 33.2 Å². The van der Waals surface area contributed by atoms with Gasteiger partial charge in [-0.05, 0) is 49.1 Å². The lowest BCUT2D eigenvalue weighted by Gasteiger charge is -2.37. The zero-order chi connectivity index (χ0) is 21.3. The molecule has 1 aliphatic carbocycles. The van der Waals surface area contributed by atoms with Crippen molar-refractivity contribution in [1.82, 2.24) is 9.80 Å². The van der Waals surface area contributed by atoms with Crippen LogP contribution in [0.15, 0.2) is 90.6 Å². The molecule has 0 spiro atoms. The number of aryl methyl sites for hydroxylation is 1. The van der Waals surface area contributed by atoms with Crippen molar-refractivity contribution in [3.05, 3.63) is 102 Å². The second-order valence-electron chi connectivity index (χ2n) is 8.26. The van der Waals surface area contributed by atoms with Crippen LogP contribution in [-0.2, 0) is 0 Å². The Balaban J connectivity index is 1.89. The predicted octanol–water partition coefficient (Wildman–Crippen LogP) is 5.96. The second kappa shape index (κ2) is 11.1. The van der Waals surface area contributed by atoms with E-state index in [-0.39, 0.29) is 0 Å². The third-order valence-corrected chi connectivity index (χ3v) is 6.07. The quantitative estimate of drug-likeness (QED) is 0.521. The SMILES string of the molecule is C=C\C=C/C=C/C(CC)=C(\C1=CCC(N2CCN(C)CC2)C=C1)c1ccc(C)cc1. The standard InChI is InChI=1S/C28H36N2/c1-5-7-8-9-10-24(6-2)28(25-13-11-23(3)12-14-25)26-15-17-27(18-16-26)30-21-19-29(4)20-22-30/h5,7-17,27H,1,6,18-22H2,2-4H3/b8-7-,10-9+,28-24-. The lowest BCUT2D eigenvalue weighted by Crippen LogP contribution is -2.48. The Morgan fingerprint density at radius 3 is 2.40 bits per heavy atom. The molecule has 0 amide bonds. The molecule has 0 aromatic heterocycles. The Morgan fingerprint density at radius 2 is 1.80 bits per heavy atom. The van der Waals surface area contributed by atoms with Crippen LogP contribution in [-0.4, -0.2) is 49.1 Å². The maximum absolute atomic E-state index is 3.75. The summed E-state index contributed by atoms with van der Waals surface area (Å²) in [6, 6.07) is 9.47.